The minimum atomic E-state index is -1.48. The number of benzene rings is 1. The van der Waals surface area contributed by atoms with Crippen LogP contribution in [0, 0.1) is 17.5 Å². The summed E-state index contributed by atoms with van der Waals surface area (Å²) in [7, 11) is 3.58. The summed E-state index contributed by atoms with van der Waals surface area (Å²) in [5, 5.41) is 8.99. The fourth-order valence-electron chi connectivity index (χ4n) is 5.60. The smallest absolute Gasteiger partial charge is 0.258 e. The monoisotopic (exact) mass is 441 g/mol. The molecule has 1 aliphatic carbocycles. The van der Waals surface area contributed by atoms with Crippen LogP contribution in [-0.2, 0) is 20.5 Å². The molecule has 2 unspecified atom stereocenters. The average Bonchev–Trinajstić information content (AvgIpc) is 3.31. The molecular formula is C23H22F3N5O. The number of aromatic nitrogens is 4. The van der Waals surface area contributed by atoms with Crippen LogP contribution < -0.4 is 0 Å². The number of halogens is 3. The second-order valence-electron chi connectivity index (χ2n) is 9.09. The topological polar surface area (TPSA) is 56.0 Å². The number of amides is 1. The number of nitrogens with zero attached hydrogens (tertiary/aromatic N) is 5. The van der Waals surface area contributed by atoms with Gasteiger partial charge in [-0.3, -0.25) is 14.2 Å². The van der Waals surface area contributed by atoms with Crippen molar-refractivity contribution < 1.29 is 18.0 Å². The highest BCUT2D eigenvalue weighted by Crippen LogP contribution is 2.48. The minimum Gasteiger partial charge on any atom is -0.327 e. The van der Waals surface area contributed by atoms with Crippen LogP contribution in [0.15, 0.2) is 18.3 Å². The SMILES string of the molecule is Cn1nc2c(c1-c1cc(F)c(F)c(F)c1)CC1CCC2N1C(=O)c1cnn(C)c1C1CC1. The van der Waals surface area contributed by atoms with E-state index in [9.17, 15) is 18.0 Å². The third-order valence-electron chi connectivity index (χ3n) is 7.11. The summed E-state index contributed by atoms with van der Waals surface area (Å²) in [4.78, 5) is 15.5. The van der Waals surface area contributed by atoms with Crippen molar-refractivity contribution in [3.63, 3.8) is 0 Å². The van der Waals surface area contributed by atoms with E-state index in [1.807, 2.05) is 11.9 Å². The number of fused-ring (bicyclic) bond motifs is 4. The van der Waals surface area contributed by atoms with Gasteiger partial charge in [-0.15, -0.1) is 0 Å². The van der Waals surface area contributed by atoms with E-state index in [2.05, 4.69) is 10.2 Å². The molecule has 0 N–H and O–H groups in total. The van der Waals surface area contributed by atoms with Crippen LogP contribution in [0.4, 0.5) is 13.2 Å². The molecule has 2 atom stereocenters. The maximum Gasteiger partial charge on any atom is 0.258 e. The third-order valence-corrected chi connectivity index (χ3v) is 7.11. The molecule has 0 radical (unpaired) electrons. The standard InChI is InChI=1S/C23H22F3N5O/c1-29-21(11-3-4-11)15(10-27-29)23(32)31-13-5-6-18(31)20-14(9-13)22(30(2)28-20)12-7-16(24)19(26)17(25)8-12/h7-8,10-11,13,18H,3-6,9H2,1-2H3. The third kappa shape index (κ3) is 2.69. The molecule has 32 heavy (non-hydrogen) atoms. The fraction of sp³-hybridized carbons (Fsp3) is 0.435. The van der Waals surface area contributed by atoms with Crippen molar-refractivity contribution in [3.8, 4) is 11.3 Å². The highest BCUT2D eigenvalue weighted by atomic mass is 19.2. The van der Waals surface area contributed by atoms with Gasteiger partial charge in [0.25, 0.3) is 5.91 Å². The lowest BCUT2D eigenvalue weighted by Gasteiger charge is -2.34. The molecule has 3 aromatic rings. The zero-order valence-corrected chi connectivity index (χ0v) is 17.8. The van der Waals surface area contributed by atoms with Gasteiger partial charge in [-0.05, 0) is 44.2 Å². The first kappa shape index (κ1) is 19.6. The zero-order valence-electron chi connectivity index (χ0n) is 17.8. The average molecular weight is 441 g/mol. The van der Waals surface area contributed by atoms with E-state index < -0.39 is 17.5 Å². The van der Waals surface area contributed by atoms with E-state index in [0.717, 1.165) is 54.8 Å². The highest BCUT2D eigenvalue weighted by molar-refractivity contribution is 5.96. The van der Waals surface area contributed by atoms with E-state index in [-0.39, 0.29) is 23.6 Å². The Kier molecular flexibility index (Phi) is 4.10. The van der Waals surface area contributed by atoms with Crippen LogP contribution in [0.25, 0.3) is 11.3 Å². The van der Waals surface area contributed by atoms with E-state index in [1.54, 1.807) is 22.6 Å². The van der Waals surface area contributed by atoms with Crippen LogP contribution in [0.3, 0.4) is 0 Å². The molecule has 166 valence electrons. The Labute approximate surface area is 182 Å². The molecular weight excluding hydrogens is 419 g/mol. The Bertz CT molecular complexity index is 1250. The Morgan fingerprint density at radius 3 is 2.44 bits per heavy atom. The van der Waals surface area contributed by atoms with Crippen LogP contribution in [0.1, 0.15) is 65.0 Å². The predicted octanol–water partition coefficient (Wildman–Crippen LogP) is 4.02. The fourth-order valence-corrected chi connectivity index (χ4v) is 5.60. The summed E-state index contributed by atoms with van der Waals surface area (Å²) in [6, 6.07) is 1.79. The Morgan fingerprint density at radius 2 is 1.75 bits per heavy atom. The number of carbonyl (C=O) groups is 1. The summed E-state index contributed by atoms with van der Waals surface area (Å²) < 4.78 is 44.7. The molecule has 6 rings (SSSR count). The van der Waals surface area contributed by atoms with Crippen molar-refractivity contribution in [1.82, 2.24) is 24.5 Å². The van der Waals surface area contributed by atoms with Crippen LogP contribution in [0.5, 0.6) is 0 Å². The molecule has 2 fully saturated rings. The summed E-state index contributed by atoms with van der Waals surface area (Å²) in [5.41, 5.74) is 4.12. The Hall–Kier alpha value is -3.10. The second kappa shape index (κ2) is 6.70. The normalized spacial score (nSPS) is 21.8. The molecule has 1 saturated carbocycles. The van der Waals surface area contributed by atoms with Crippen molar-refractivity contribution >= 4 is 5.91 Å². The molecule has 2 aliphatic heterocycles. The van der Waals surface area contributed by atoms with Gasteiger partial charge in [-0.1, -0.05) is 0 Å². The number of aryl methyl sites for hydroxylation is 2. The predicted molar refractivity (Wildman–Crippen MR) is 109 cm³/mol. The number of carbonyl (C=O) groups excluding carboxylic acids is 1. The van der Waals surface area contributed by atoms with E-state index in [1.165, 1.54) is 0 Å². The minimum absolute atomic E-state index is 0.0228. The van der Waals surface area contributed by atoms with Crippen LogP contribution in [0.2, 0.25) is 0 Å². The lowest BCUT2D eigenvalue weighted by atomic mass is 9.94. The summed E-state index contributed by atoms with van der Waals surface area (Å²) in [6.07, 6.45) is 5.97. The number of hydrogen-bond donors (Lipinski definition) is 0. The zero-order chi connectivity index (χ0) is 22.3. The molecule has 6 nitrogen and oxygen atoms in total. The summed E-state index contributed by atoms with van der Waals surface area (Å²) >= 11 is 0. The van der Waals surface area contributed by atoms with Crippen molar-refractivity contribution in [2.75, 3.05) is 0 Å². The van der Waals surface area contributed by atoms with Gasteiger partial charge in [0.2, 0.25) is 0 Å². The van der Waals surface area contributed by atoms with Crippen molar-refractivity contribution in [3.05, 3.63) is 58.3 Å². The van der Waals surface area contributed by atoms with Crippen molar-refractivity contribution in [2.24, 2.45) is 14.1 Å². The molecule has 9 heteroatoms. The van der Waals surface area contributed by atoms with Gasteiger partial charge in [0.15, 0.2) is 17.5 Å². The van der Waals surface area contributed by atoms with Gasteiger partial charge in [-0.25, -0.2) is 13.2 Å². The molecule has 4 heterocycles. The van der Waals surface area contributed by atoms with Gasteiger partial charge >= 0.3 is 0 Å². The number of rotatable bonds is 3. The first-order valence-corrected chi connectivity index (χ1v) is 10.9. The first-order valence-electron chi connectivity index (χ1n) is 10.9. The van der Waals surface area contributed by atoms with Gasteiger partial charge < -0.3 is 4.90 Å². The lowest BCUT2D eigenvalue weighted by Crippen LogP contribution is -2.42. The van der Waals surface area contributed by atoms with Crippen LogP contribution in [-0.4, -0.2) is 36.4 Å². The summed E-state index contributed by atoms with van der Waals surface area (Å²) in [5.74, 6) is -3.57. The molecule has 0 spiro atoms. The molecule has 1 amide bonds. The van der Waals surface area contributed by atoms with Gasteiger partial charge in [-0.2, -0.15) is 10.2 Å². The van der Waals surface area contributed by atoms with E-state index >= 15 is 0 Å². The largest absolute Gasteiger partial charge is 0.327 e. The summed E-state index contributed by atoms with van der Waals surface area (Å²) in [6.45, 7) is 0. The number of hydrogen-bond acceptors (Lipinski definition) is 3. The van der Waals surface area contributed by atoms with E-state index in [4.69, 9.17) is 0 Å². The van der Waals surface area contributed by atoms with E-state index in [0.29, 0.717) is 23.6 Å². The van der Waals surface area contributed by atoms with Gasteiger partial charge in [0.1, 0.15) is 0 Å². The van der Waals surface area contributed by atoms with Crippen molar-refractivity contribution in [2.45, 2.75) is 50.1 Å². The molecule has 2 aromatic heterocycles. The Balaban J connectivity index is 1.41. The van der Waals surface area contributed by atoms with Crippen LogP contribution >= 0.6 is 0 Å². The van der Waals surface area contributed by atoms with Gasteiger partial charge in [0, 0.05) is 37.2 Å². The first-order chi connectivity index (χ1) is 15.3. The highest BCUT2D eigenvalue weighted by Gasteiger charge is 2.47. The molecule has 2 bridgehead atoms. The van der Waals surface area contributed by atoms with Crippen molar-refractivity contribution in [1.29, 1.82) is 0 Å². The second-order valence-corrected chi connectivity index (χ2v) is 9.09. The molecule has 1 saturated heterocycles. The quantitative estimate of drug-likeness (QED) is 0.577. The maximum atomic E-state index is 13.9. The molecule has 1 aromatic carbocycles. The Morgan fingerprint density at radius 1 is 1.03 bits per heavy atom. The lowest BCUT2D eigenvalue weighted by molar-refractivity contribution is 0.0641. The maximum absolute atomic E-state index is 13.9. The molecule has 3 aliphatic rings. The van der Waals surface area contributed by atoms with Gasteiger partial charge in [0.05, 0.1) is 34.9 Å².